The number of benzene rings is 1. The summed E-state index contributed by atoms with van der Waals surface area (Å²) in [7, 11) is 0. The van der Waals surface area contributed by atoms with Crippen LogP contribution in [-0.4, -0.2) is 102 Å². The Morgan fingerprint density at radius 1 is 0.843 bits per heavy atom. The number of nitrogens with one attached hydrogen (secondary N) is 5. The molecule has 1 aliphatic carbocycles. The molecule has 15 nitrogen and oxygen atoms in total. The SMILES string of the molecule is C/C=C(/CCN1C(=O)C=CC12CC2)N[C@@H](CCCCN)C(=O)NCC(=O)N[C@@H](Cc1ccccc1)C(=O)NCC(=O)N[C@@H](CCCCN)C(=O)O. The minimum atomic E-state index is -1.19. The van der Waals surface area contributed by atoms with Crippen LogP contribution >= 0.6 is 0 Å². The Bertz CT molecular complexity index is 1410. The lowest BCUT2D eigenvalue weighted by atomic mass is 10.0. The maximum Gasteiger partial charge on any atom is 0.326 e. The standard InChI is InChI=1S/C36H54N8O7/c1-2-26(15-21-44-32(47)14-16-36(44)17-18-36)41-27(12-6-8-19-37)33(48)39-24-31(46)43-29(22-25-10-4-3-5-11-25)34(49)40-23-30(45)42-28(35(50)51)13-7-9-20-38/h2-5,10-11,14,16,27-29,41H,6-9,12-13,15,17-24,37-38H2,1H3,(H,39,48)(H,40,49)(H,42,45)(H,43,46)(H,50,51)/b26-2-/t27-,28-,29-/m0/s1. The second-order valence-electron chi connectivity index (χ2n) is 13.0. The fourth-order valence-corrected chi connectivity index (χ4v) is 5.92. The van der Waals surface area contributed by atoms with Crippen molar-refractivity contribution in [1.29, 1.82) is 0 Å². The van der Waals surface area contributed by atoms with Crippen molar-refractivity contribution in [3.63, 3.8) is 0 Å². The number of amides is 5. The number of rotatable bonds is 24. The Hall–Kier alpha value is -4.76. The van der Waals surface area contributed by atoms with Gasteiger partial charge in [0.15, 0.2) is 0 Å². The van der Waals surface area contributed by atoms with Gasteiger partial charge in [-0.15, -0.1) is 0 Å². The second kappa shape index (κ2) is 20.8. The number of carboxylic acid groups (broad SMARTS) is 1. The highest BCUT2D eigenvalue weighted by Crippen LogP contribution is 2.46. The molecule has 3 atom stereocenters. The summed E-state index contributed by atoms with van der Waals surface area (Å²) in [5.74, 6) is -3.55. The fourth-order valence-electron chi connectivity index (χ4n) is 5.92. The first-order valence-electron chi connectivity index (χ1n) is 17.8. The maximum atomic E-state index is 13.4. The van der Waals surface area contributed by atoms with E-state index in [0.29, 0.717) is 58.2 Å². The first-order valence-corrected chi connectivity index (χ1v) is 17.8. The molecule has 0 radical (unpaired) electrons. The number of nitrogens with zero attached hydrogens (tertiary/aromatic N) is 1. The molecular weight excluding hydrogens is 656 g/mol. The number of nitrogens with two attached hydrogens (primary N) is 2. The lowest BCUT2D eigenvalue weighted by Gasteiger charge is -2.27. The van der Waals surface area contributed by atoms with E-state index in [1.54, 1.807) is 30.3 Å². The highest BCUT2D eigenvalue weighted by molar-refractivity contribution is 5.94. The van der Waals surface area contributed by atoms with Gasteiger partial charge in [0.2, 0.25) is 29.5 Å². The summed E-state index contributed by atoms with van der Waals surface area (Å²) >= 11 is 0. The summed E-state index contributed by atoms with van der Waals surface area (Å²) < 4.78 is 0. The Labute approximate surface area is 299 Å². The zero-order chi connectivity index (χ0) is 37.2. The summed E-state index contributed by atoms with van der Waals surface area (Å²) in [6, 6.07) is 6.10. The molecule has 10 N–H and O–H groups in total. The van der Waals surface area contributed by atoms with Crippen molar-refractivity contribution in [3.05, 3.63) is 59.8 Å². The van der Waals surface area contributed by atoms with Crippen LogP contribution in [-0.2, 0) is 35.2 Å². The number of carbonyl (C=O) groups excluding carboxylic acids is 5. The molecule has 15 heteroatoms. The first-order chi connectivity index (χ1) is 24.5. The van der Waals surface area contributed by atoms with Crippen molar-refractivity contribution < 1.29 is 33.9 Å². The second-order valence-corrected chi connectivity index (χ2v) is 13.0. The Kier molecular flexibility index (Phi) is 16.6. The van der Waals surface area contributed by atoms with Gasteiger partial charge in [-0.05, 0) is 76.9 Å². The van der Waals surface area contributed by atoms with E-state index in [9.17, 15) is 33.9 Å². The minimum Gasteiger partial charge on any atom is -0.480 e. The van der Waals surface area contributed by atoms with Crippen LogP contribution in [0.3, 0.4) is 0 Å². The smallest absolute Gasteiger partial charge is 0.326 e. The van der Waals surface area contributed by atoms with Crippen LogP contribution in [0.2, 0.25) is 0 Å². The number of hydrogen-bond acceptors (Lipinski definition) is 9. The van der Waals surface area contributed by atoms with E-state index in [-0.39, 0.29) is 24.3 Å². The van der Waals surface area contributed by atoms with Crippen LogP contribution in [0.15, 0.2) is 54.3 Å². The van der Waals surface area contributed by atoms with Crippen LogP contribution in [0.1, 0.15) is 70.3 Å². The van der Waals surface area contributed by atoms with Gasteiger partial charge in [0, 0.05) is 31.2 Å². The fraction of sp³-hybridized carbons (Fsp3) is 0.556. The number of aliphatic carboxylic acids is 1. The molecule has 1 saturated carbocycles. The van der Waals surface area contributed by atoms with Gasteiger partial charge < -0.3 is 48.1 Å². The number of unbranched alkanes of at least 4 members (excludes halogenated alkanes) is 2. The summed E-state index contributed by atoms with van der Waals surface area (Å²) in [6.45, 7) is 2.35. The van der Waals surface area contributed by atoms with Gasteiger partial charge in [-0.3, -0.25) is 24.0 Å². The lowest BCUT2D eigenvalue weighted by Crippen LogP contribution is -2.53. The predicted molar refractivity (Wildman–Crippen MR) is 192 cm³/mol. The Morgan fingerprint density at radius 3 is 1.96 bits per heavy atom. The minimum absolute atomic E-state index is 0.00500. The van der Waals surface area contributed by atoms with E-state index in [2.05, 4.69) is 26.6 Å². The monoisotopic (exact) mass is 710 g/mol. The van der Waals surface area contributed by atoms with E-state index in [1.807, 2.05) is 30.0 Å². The lowest BCUT2D eigenvalue weighted by molar-refractivity contribution is -0.142. The highest BCUT2D eigenvalue weighted by Gasteiger charge is 2.50. The molecule has 0 bridgehead atoms. The normalized spacial score (nSPS) is 16.3. The van der Waals surface area contributed by atoms with Gasteiger partial charge in [-0.25, -0.2) is 4.79 Å². The van der Waals surface area contributed by atoms with Crippen molar-refractivity contribution >= 4 is 35.5 Å². The largest absolute Gasteiger partial charge is 0.480 e. The molecule has 1 fully saturated rings. The van der Waals surface area contributed by atoms with Gasteiger partial charge in [0.25, 0.3) is 0 Å². The molecule has 1 aliphatic heterocycles. The van der Waals surface area contributed by atoms with Crippen LogP contribution in [0.5, 0.6) is 0 Å². The molecule has 280 valence electrons. The Balaban J connectivity index is 1.57. The van der Waals surface area contributed by atoms with Crippen LogP contribution in [0, 0.1) is 0 Å². The zero-order valence-corrected chi connectivity index (χ0v) is 29.5. The molecule has 5 amide bonds. The number of carbonyl (C=O) groups is 6. The van der Waals surface area contributed by atoms with Gasteiger partial charge in [0.1, 0.15) is 18.1 Å². The van der Waals surface area contributed by atoms with E-state index < -0.39 is 60.8 Å². The third kappa shape index (κ3) is 13.5. The predicted octanol–water partition coefficient (Wildman–Crippen LogP) is -0.0432. The molecule has 0 unspecified atom stereocenters. The average Bonchev–Trinajstić information content (AvgIpc) is 3.84. The van der Waals surface area contributed by atoms with Crippen molar-refractivity contribution in [2.75, 3.05) is 32.7 Å². The summed E-state index contributed by atoms with van der Waals surface area (Å²) in [5, 5.41) is 23.0. The first kappa shape index (κ1) is 40.7. The molecule has 1 spiro atoms. The third-order valence-corrected chi connectivity index (χ3v) is 9.04. The Morgan fingerprint density at radius 2 is 1.41 bits per heavy atom. The molecule has 1 aromatic rings. The maximum absolute atomic E-state index is 13.4. The van der Waals surface area contributed by atoms with Gasteiger partial charge in [0.05, 0.1) is 18.6 Å². The van der Waals surface area contributed by atoms with Crippen molar-refractivity contribution in [2.45, 2.75) is 94.8 Å². The van der Waals surface area contributed by atoms with E-state index in [0.717, 1.165) is 24.1 Å². The van der Waals surface area contributed by atoms with E-state index >= 15 is 0 Å². The number of hydrogen-bond donors (Lipinski definition) is 8. The number of carboxylic acids is 1. The van der Waals surface area contributed by atoms with Gasteiger partial charge in [-0.1, -0.05) is 42.5 Å². The van der Waals surface area contributed by atoms with Crippen LogP contribution < -0.4 is 38.1 Å². The average molecular weight is 711 g/mol. The molecule has 0 aromatic heterocycles. The van der Waals surface area contributed by atoms with Crippen molar-refractivity contribution in [2.24, 2.45) is 11.5 Å². The molecule has 2 aliphatic rings. The molecule has 51 heavy (non-hydrogen) atoms. The van der Waals surface area contributed by atoms with Gasteiger partial charge >= 0.3 is 5.97 Å². The molecule has 3 rings (SSSR count). The van der Waals surface area contributed by atoms with E-state index in [1.165, 1.54) is 0 Å². The number of allylic oxidation sites excluding steroid dienone is 1. The zero-order valence-electron chi connectivity index (χ0n) is 29.5. The molecule has 1 aromatic carbocycles. The quantitative estimate of drug-likeness (QED) is 0.0666. The third-order valence-electron chi connectivity index (χ3n) is 9.04. The van der Waals surface area contributed by atoms with Crippen molar-refractivity contribution in [3.8, 4) is 0 Å². The van der Waals surface area contributed by atoms with Crippen LogP contribution in [0.25, 0.3) is 0 Å². The molecule has 1 heterocycles. The molecule has 0 saturated heterocycles. The van der Waals surface area contributed by atoms with Crippen LogP contribution in [0.4, 0.5) is 0 Å². The van der Waals surface area contributed by atoms with Gasteiger partial charge in [-0.2, -0.15) is 0 Å². The highest BCUT2D eigenvalue weighted by atomic mass is 16.4. The summed E-state index contributed by atoms with van der Waals surface area (Å²) in [4.78, 5) is 78.0. The molecular formula is C36H54N8O7. The summed E-state index contributed by atoms with van der Waals surface area (Å²) in [6.07, 6.45) is 11.2. The van der Waals surface area contributed by atoms with Crippen molar-refractivity contribution in [1.82, 2.24) is 31.5 Å². The van der Waals surface area contributed by atoms with E-state index in [4.69, 9.17) is 11.5 Å². The topological polar surface area (TPSA) is 238 Å². The summed E-state index contributed by atoms with van der Waals surface area (Å²) in [5.41, 5.74) is 12.6.